The molecule has 2 amide bonds. The van der Waals surface area contributed by atoms with E-state index in [2.05, 4.69) is 29.4 Å². The van der Waals surface area contributed by atoms with Gasteiger partial charge in [0.15, 0.2) is 0 Å². The molecule has 2 rings (SSSR count). The molecule has 0 aliphatic rings. The average molecular weight is 490 g/mol. The fourth-order valence-corrected chi connectivity index (χ4v) is 4.03. The molecule has 0 aromatic heterocycles. The van der Waals surface area contributed by atoms with E-state index in [4.69, 9.17) is 16.3 Å². The molecule has 0 spiro atoms. The number of carbonyl (C=O) groups is 2. The fourth-order valence-electron chi connectivity index (χ4n) is 3.06. The Labute approximate surface area is 205 Å². The molecule has 0 heterocycles. The van der Waals surface area contributed by atoms with Gasteiger partial charge in [0.05, 0.1) is 22.9 Å². The highest BCUT2D eigenvalue weighted by molar-refractivity contribution is 7.99. The Morgan fingerprint density at radius 3 is 2.55 bits per heavy atom. The van der Waals surface area contributed by atoms with Gasteiger partial charge >= 0.3 is 0 Å². The van der Waals surface area contributed by atoms with Gasteiger partial charge in [-0.25, -0.2) is 0 Å². The van der Waals surface area contributed by atoms with Crippen LogP contribution in [0.25, 0.3) is 0 Å². The predicted octanol–water partition coefficient (Wildman–Crippen LogP) is 5.10. The number of hydrogen-bond donors (Lipinski definition) is 2. The number of amides is 2. The van der Waals surface area contributed by atoms with Crippen molar-refractivity contribution >= 4 is 40.9 Å². The zero-order valence-electron chi connectivity index (χ0n) is 19.4. The van der Waals surface area contributed by atoms with Gasteiger partial charge in [0, 0.05) is 29.8 Å². The molecule has 6 nitrogen and oxygen atoms in total. The Morgan fingerprint density at radius 1 is 1.15 bits per heavy atom. The molecule has 0 saturated heterocycles. The Kier molecular flexibility index (Phi) is 11.9. The SMILES string of the molecule is C/C=C\C(=O)Nc1cc(OCCSc2ccccc2)c(C(=O)NCCN(CC)CC)cc1Cl. The van der Waals surface area contributed by atoms with Gasteiger partial charge in [0.1, 0.15) is 5.75 Å². The molecular formula is C25H32ClN3O3S. The number of halogens is 1. The van der Waals surface area contributed by atoms with Crippen LogP contribution < -0.4 is 15.4 Å². The summed E-state index contributed by atoms with van der Waals surface area (Å²) in [5.41, 5.74) is 0.735. The molecule has 0 bridgehead atoms. The third-order valence-electron chi connectivity index (χ3n) is 4.85. The van der Waals surface area contributed by atoms with Crippen molar-refractivity contribution in [2.24, 2.45) is 0 Å². The molecule has 0 aliphatic carbocycles. The van der Waals surface area contributed by atoms with Crippen LogP contribution >= 0.6 is 23.4 Å². The number of carbonyl (C=O) groups excluding carboxylic acids is 2. The van der Waals surface area contributed by atoms with Crippen LogP contribution in [0.5, 0.6) is 5.75 Å². The summed E-state index contributed by atoms with van der Waals surface area (Å²) < 4.78 is 5.97. The standard InChI is InChI=1S/C25H32ClN3O3S/c1-4-10-24(30)28-22-18-23(32-15-16-33-19-11-8-7-9-12-19)20(17-21(22)26)25(31)27-13-14-29(5-2)6-3/h4,7-12,17-18H,5-6,13-16H2,1-3H3,(H,27,31)(H,28,30)/b10-4-. The molecule has 2 aromatic rings. The molecule has 178 valence electrons. The Morgan fingerprint density at radius 2 is 1.88 bits per heavy atom. The molecule has 0 aliphatic heterocycles. The van der Waals surface area contributed by atoms with Gasteiger partial charge < -0.3 is 20.3 Å². The monoisotopic (exact) mass is 489 g/mol. The van der Waals surface area contributed by atoms with E-state index in [9.17, 15) is 9.59 Å². The summed E-state index contributed by atoms with van der Waals surface area (Å²) in [6.45, 7) is 9.44. The van der Waals surface area contributed by atoms with Crippen LogP contribution in [-0.4, -0.2) is 55.3 Å². The topological polar surface area (TPSA) is 70.7 Å². The fraction of sp³-hybridized carbons (Fsp3) is 0.360. The number of hydrogen-bond acceptors (Lipinski definition) is 5. The van der Waals surface area contributed by atoms with Gasteiger partial charge in [0.2, 0.25) is 5.91 Å². The van der Waals surface area contributed by atoms with Gasteiger partial charge in [-0.3, -0.25) is 9.59 Å². The third kappa shape index (κ3) is 9.12. The summed E-state index contributed by atoms with van der Waals surface area (Å²) in [6.07, 6.45) is 3.04. The van der Waals surface area contributed by atoms with E-state index >= 15 is 0 Å². The van der Waals surface area contributed by atoms with Gasteiger partial charge in [-0.15, -0.1) is 11.8 Å². The van der Waals surface area contributed by atoms with E-state index in [-0.39, 0.29) is 16.8 Å². The van der Waals surface area contributed by atoms with Crippen molar-refractivity contribution in [1.29, 1.82) is 0 Å². The second-order valence-corrected chi connectivity index (χ2v) is 8.69. The summed E-state index contributed by atoms with van der Waals surface area (Å²) in [7, 11) is 0. The lowest BCUT2D eigenvalue weighted by Crippen LogP contribution is -2.35. The van der Waals surface area contributed by atoms with Gasteiger partial charge in [0.25, 0.3) is 5.91 Å². The van der Waals surface area contributed by atoms with Crippen molar-refractivity contribution in [2.45, 2.75) is 25.7 Å². The van der Waals surface area contributed by atoms with Crippen LogP contribution in [0.1, 0.15) is 31.1 Å². The molecule has 0 atom stereocenters. The summed E-state index contributed by atoms with van der Waals surface area (Å²) in [6, 6.07) is 13.2. The van der Waals surface area contributed by atoms with E-state index in [0.29, 0.717) is 35.9 Å². The van der Waals surface area contributed by atoms with Crippen LogP contribution in [0.2, 0.25) is 5.02 Å². The zero-order valence-corrected chi connectivity index (χ0v) is 21.0. The molecule has 0 unspecified atom stereocenters. The molecular weight excluding hydrogens is 458 g/mol. The van der Waals surface area contributed by atoms with Crippen LogP contribution in [0.4, 0.5) is 5.69 Å². The molecule has 0 fully saturated rings. The van der Waals surface area contributed by atoms with E-state index in [1.807, 2.05) is 30.3 Å². The number of rotatable bonds is 13. The lowest BCUT2D eigenvalue weighted by molar-refractivity contribution is -0.111. The maximum Gasteiger partial charge on any atom is 0.255 e. The highest BCUT2D eigenvalue weighted by Gasteiger charge is 2.17. The second kappa shape index (κ2) is 14.6. The van der Waals surface area contributed by atoms with Crippen LogP contribution in [0, 0.1) is 0 Å². The number of likely N-dealkylation sites (N-methyl/N-ethyl adjacent to an activating group) is 1. The van der Waals surface area contributed by atoms with E-state index in [1.165, 1.54) is 6.08 Å². The molecule has 33 heavy (non-hydrogen) atoms. The van der Waals surface area contributed by atoms with Crippen molar-refractivity contribution in [2.75, 3.05) is 43.9 Å². The maximum atomic E-state index is 12.9. The van der Waals surface area contributed by atoms with E-state index in [0.717, 1.165) is 24.5 Å². The highest BCUT2D eigenvalue weighted by Crippen LogP contribution is 2.31. The first-order valence-corrected chi connectivity index (χ1v) is 12.4. The van der Waals surface area contributed by atoms with Crippen molar-refractivity contribution < 1.29 is 14.3 Å². The minimum atomic E-state index is -0.304. The summed E-state index contributed by atoms with van der Waals surface area (Å²) in [5.74, 6) is 0.516. The molecule has 2 aromatic carbocycles. The van der Waals surface area contributed by atoms with Crippen LogP contribution in [0.3, 0.4) is 0 Å². The van der Waals surface area contributed by atoms with E-state index < -0.39 is 0 Å². The lowest BCUT2D eigenvalue weighted by atomic mass is 10.1. The average Bonchev–Trinajstić information content (AvgIpc) is 2.82. The predicted molar refractivity (Wildman–Crippen MR) is 138 cm³/mol. The number of allylic oxidation sites excluding steroid dienone is 1. The zero-order chi connectivity index (χ0) is 24.1. The largest absolute Gasteiger partial charge is 0.492 e. The number of nitrogens with one attached hydrogen (secondary N) is 2. The van der Waals surface area contributed by atoms with Crippen molar-refractivity contribution in [3.63, 3.8) is 0 Å². The number of ether oxygens (including phenoxy) is 1. The lowest BCUT2D eigenvalue weighted by Gasteiger charge is -2.19. The Bertz CT molecular complexity index is 934. The Hall–Kier alpha value is -2.48. The normalized spacial score (nSPS) is 11.1. The maximum absolute atomic E-state index is 12.9. The minimum absolute atomic E-state index is 0.263. The number of benzene rings is 2. The number of anilines is 1. The first kappa shape index (κ1) is 26.8. The molecule has 2 N–H and O–H groups in total. The quantitative estimate of drug-likeness (QED) is 0.233. The van der Waals surface area contributed by atoms with Crippen molar-refractivity contribution in [3.05, 3.63) is 65.2 Å². The smallest absolute Gasteiger partial charge is 0.255 e. The van der Waals surface area contributed by atoms with Crippen molar-refractivity contribution in [3.8, 4) is 5.75 Å². The summed E-state index contributed by atoms with van der Waals surface area (Å²) in [4.78, 5) is 28.3. The van der Waals surface area contributed by atoms with Gasteiger partial charge in [-0.2, -0.15) is 0 Å². The molecule has 0 saturated carbocycles. The summed E-state index contributed by atoms with van der Waals surface area (Å²) in [5, 5.41) is 5.94. The van der Waals surface area contributed by atoms with E-state index in [1.54, 1.807) is 36.9 Å². The minimum Gasteiger partial charge on any atom is -0.492 e. The first-order chi connectivity index (χ1) is 16.0. The molecule has 0 radical (unpaired) electrons. The van der Waals surface area contributed by atoms with Crippen LogP contribution in [-0.2, 0) is 4.79 Å². The van der Waals surface area contributed by atoms with Crippen LogP contribution in [0.15, 0.2) is 59.5 Å². The van der Waals surface area contributed by atoms with Gasteiger partial charge in [-0.1, -0.05) is 49.7 Å². The van der Waals surface area contributed by atoms with Crippen molar-refractivity contribution in [1.82, 2.24) is 10.2 Å². The van der Waals surface area contributed by atoms with Gasteiger partial charge in [-0.05, 0) is 44.3 Å². The summed E-state index contributed by atoms with van der Waals surface area (Å²) >= 11 is 8.04. The molecule has 8 heteroatoms. The first-order valence-electron chi connectivity index (χ1n) is 11.1. The number of nitrogens with zero attached hydrogens (tertiary/aromatic N) is 1. The Balaban J connectivity index is 2.12. The highest BCUT2D eigenvalue weighted by atomic mass is 35.5. The number of thioether (sulfide) groups is 1. The second-order valence-electron chi connectivity index (χ2n) is 7.11. The third-order valence-corrected chi connectivity index (χ3v) is 6.14.